The molecule has 1 aromatic rings. The molecule has 0 bridgehead atoms. The van der Waals surface area contributed by atoms with Crippen LogP contribution in [0.1, 0.15) is 25.5 Å². The normalized spacial score (nSPS) is 12.5. The molecule has 0 saturated heterocycles. The van der Waals surface area contributed by atoms with E-state index in [-0.39, 0.29) is 6.10 Å². The van der Waals surface area contributed by atoms with Crippen LogP contribution >= 0.6 is 0 Å². The highest BCUT2D eigenvalue weighted by molar-refractivity contribution is 5.29. The van der Waals surface area contributed by atoms with Gasteiger partial charge in [-0.25, -0.2) is 0 Å². The van der Waals surface area contributed by atoms with Gasteiger partial charge in [0.1, 0.15) is 5.75 Å². The predicted molar refractivity (Wildman–Crippen MR) is 53.0 cm³/mol. The molecule has 0 N–H and O–H groups in total. The molecule has 13 heavy (non-hydrogen) atoms. The van der Waals surface area contributed by atoms with Crippen molar-refractivity contribution in [3.63, 3.8) is 0 Å². The predicted octanol–water partition coefficient (Wildman–Crippen LogP) is 2.79. The maximum Gasteiger partial charge on any atom is 0.119 e. The summed E-state index contributed by atoms with van der Waals surface area (Å²) in [5.74, 6) is 0.879. The second-order valence-electron chi connectivity index (χ2n) is 2.87. The minimum Gasteiger partial charge on any atom is -0.497 e. The molecule has 1 unspecified atom stereocenters. The lowest BCUT2D eigenvalue weighted by Gasteiger charge is -2.12. The van der Waals surface area contributed by atoms with Gasteiger partial charge in [-0.1, -0.05) is 12.1 Å². The zero-order valence-corrected chi connectivity index (χ0v) is 8.41. The van der Waals surface area contributed by atoms with E-state index in [1.807, 2.05) is 38.1 Å². The van der Waals surface area contributed by atoms with Crippen molar-refractivity contribution in [2.24, 2.45) is 0 Å². The fraction of sp³-hybridized carbons (Fsp3) is 0.455. The SMILES string of the molecule is CCOC(C)c1cccc(OC)c1. The van der Waals surface area contributed by atoms with E-state index in [0.717, 1.165) is 17.9 Å². The average molecular weight is 180 g/mol. The van der Waals surface area contributed by atoms with Crippen molar-refractivity contribution in [1.29, 1.82) is 0 Å². The number of hydrogen-bond donors (Lipinski definition) is 0. The van der Waals surface area contributed by atoms with E-state index in [9.17, 15) is 0 Å². The minimum atomic E-state index is 0.139. The van der Waals surface area contributed by atoms with E-state index in [4.69, 9.17) is 9.47 Å². The summed E-state index contributed by atoms with van der Waals surface area (Å²) in [5.41, 5.74) is 1.15. The fourth-order valence-electron chi connectivity index (χ4n) is 1.24. The third-order valence-electron chi connectivity index (χ3n) is 1.98. The molecule has 0 aliphatic carbocycles. The number of hydrogen-bond acceptors (Lipinski definition) is 2. The van der Waals surface area contributed by atoms with Crippen LogP contribution in [0.15, 0.2) is 24.3 Å². The van der Waals surface area contributed by atoms with Gasteiger partial charge in [-0.05, 0) is 31.5 Å². The molecule has 2 nitrogen and oxygen atoms in total. The highest BCUT2D eigenvalue weighted by atomic mass is 16.5. The highest BCUT2D eigenvalue weighted by Crippen LogP contribution is 2.20. The van der Waals surface area contributed by atoms with E-state index >= 15 is 0 Å². The van der Waals surface area contributed by atoms with Gasteiger partial charge in [-0.2, -0.15) is 0 Å². The molecule has 72 valence electrons. The quantitative estimate of drug-likeness (QED) is 0.709. The number of rotatable bonds is 4. The van der Waals surface area contributed by atoms with Crippen LogP contribution in [-0.2, 0) is 4.74 Å². The van der Waals surface area contributed by atoms with Crippen molar-refractivity contribution in [3.05, 3.63) is 29.8 Å². The molecule has 0 aromatic heterocycles. The summed E-state index contributed by atoms with van der Waals surface area (Å²) in [6.45, 7) is 4.77. The molecule has 1 rings (SSSR count). The monoisotopic (exact) mass is 180 g/mol. The lowest BCUT2D eigenvalue weighted by molar-refractivity contribution is 0.0762. The van der Waals surface area contributed by atoms with Gasteiger partial charge < -0.3 is 9.47 Å². The van der Waals surface area contributed by atoms with Gasteiger partial charge >= 0.3 is 0 Å². The van der Waals surface area contributed by atoms with E-state index in [0.29, 0.717) is 0 Å². The molecule has 0 aliphatic rings. The number of benzene rings is 1. The van der Waals surface area contributed by atoms with E-state index < -0.39 is 0 Å². The van der Waals surface area contributed by atoms with Gasteiger partial charge in [0, 0.05) is 6.61 Å². The van der Waals surface area contributed by atoms with Crippen LogP contribution in [0.4, 0.5) is 0 Å². The first kappa shape index (κ1) is 10.1. The Labute approximate surface area is 79.5 Å². The van der Waals surface area contributed by atoms with E-state index in [1.165, 1.54) is 0 Å². The Hall–Kier alpha value is -1.02. The molecule has 0 spiro atoms. The molecular formula is C11H16O2. The zero-order chi connectivity index (χ0) is 9.68. The Morgan fingerprint density at radius 1 is 1.38 bits per heavy atom. The summed E-state index contributed by atoms with van der Waals surface area (Å²) in [6, 6.07) is 7.95. The number of methoxy groups -OCH3 is 1. The lowest BCUT2D eigenvalue weighted by atomic mass is 10.1. The van der Waals surface area contributed by atoms with Gasteiger partial charge in [0.15, 0.2) is 0 Å². The Bertz CT molecular complexity index is 258. The van der Waals surface area contributed by atoms with E-state index in [1.54, 1.807) is 7.11 Å². The number of ether oxygens (including phenoxy) is 2. The second-order valence-corrected chi connectivity index (χ2v) is 2.87. The van der Waals surface area contributed by atoms with E-state index in [2.05, 4.69) is 0 Å². The molecule has 0 fully saturated rings. The Kier molecular flexibility index (Phi) is 3.77. The summed E-state index contributed by atoms with van der Waals surface area (Å²) < 4.78 is 10.6. The highest BCUT2D eigenvalue weighted by Gasteiger charge is 2.04. The molecule has 0 aliphatic heterocycles. The Balaban J connectivity index is 2.75. The second kappa shape index (κ2) is 4.87. The van der Waals surface area contributed by atoms with Crippen LogP contribution in [0.25, 0.3) is 0 Å². The maximum atomic E-state index is 5.47. The van der Waals surface area contributed by atoms with Crippen molar-refractivity contribution >= 4 is 0 Å². The van der Waals surface area contributed by atoms with Crippen molar-refractivity contribution in [3.8, 4) is 5.75 Å². The van der Waals surface area contributed by atoms with Gasteiger partial charge in [0.25, 0.3) is 0 Å². The topological polar surface area (TPSA) is 18.5 Å². The van der Waals surface area contributed by atoms with Crippen LogP contribution in [0.3, 0.4) is 0 Å². The summed E-state index contributed by atoms with van der Waals surface area (Å²) >= 11 is 0. The smallest absolute Gasteiger partial charge is 0.119 e. The zero-order valence-electron chi connectivity index (χ0n) is 8.41. The fourth-order valence-corrected chi connectivity index (χ4v) is 1.24. The third kappa shape index (κ3) is 2.74. The van der Waals surface area contributed by atoms with Crippen molar-refractivity contribution < 1.29 is 9.47 Å². The van der Waals surface area contributed by atoms with Crippen molar-refractivity contribution in [2.45, 2.75) is 20.0 Å². The average Bonchev–Trinajstić information content (AvgIpc) is 2.18. The molecule has 1 atom stereocenters. The van der Waals surface area contributed by atoms with Crippen molar-refractivity contribution in [2.75, 3.05) is 13.7 Å². The molecule has 0 amide bonds. The van der Waals surface area contributed by atoms with Crippen molar-refractivity contribution in [1.82, 2.24) is 0 Å². The largest absolute Gasteiger partial charge is 0.497 e. The van der Waals surface area contributed by atoms with Crippen LogP contribution in [0.5, 0.6) is 5.75 Å². The molecule has 1 aromatic carbocycles. The van der Waals surface area contributed by atoms with Gasteiger partial charge in [0.2, 0.25) is 0 Å². The molecule has 0 saturated carbocycles. The van der Waals surface area contributed by atoms with Crippen LogP contribution in [0.2, 0.25) is 0 Å². The van der Waals surface area contributed by atoms with Crippen LogP contribution in [0, 0.1) is 0 Å². The summed E-state index contributed by atoms with van der Waals surface area (Å²) in [7, 11) is 1.67. The molecule has 0 heterocycles. The maximum absolute atomic E-state index is 5.47. The molecular weight excluding hydrogens is 164 g/mol. The van der Waals surface area contributed by atoms with Gasteiger partial charge in [-0.15, -0.1) is 0 Å². The lowest BCUT2D eigenvalue weighted by Crippen LogP contribution is -1.99. The first-order valence-corrected chi connectivity index (χ1v) is 4.53. The first-order chi connectivity index (χ1) is 6.27. The summed E-state index contributed by atoms with van der Waals surface area (Å²) in [5, 5.41) is 0. The first-order valence-electron chi connectivity index (χ1n) is 4.53. The summed E-state index contributed by atoms with van der Waals surface area (Å²) in [6.07, 6.45) is 0.139. The van der Waals surface area contributed by atoms with Crippen LogP contribution < -0.4 is 4.74 Å². The van der Waals surface area contributed by atoms with Crippen LogP contribution in [-0.4, -0.2) is 13.7 Å². The Morgan fingerprint density at radius 2 is 2.15 bits per heavy atom. The molecule has 0 radical (unpaired) electrons. The minimum absolute atomic E-state index is 0.139. The molecule has 2 heteroatoms. The standard InChI is InChI=1S/C11H16O2/c1-4-13-9(2)10-6-5-7-11(8-10)12-3/h5-9H,4H2,1-3H3. The summed E-state index contributed by atoms with van der Waals surface area (Å²) in [4.78, 5) is 0. The van der Waals surface area contributed by atoms with Gasteiger partial charge in [0.05, 0.1) is 13.2 Å². The van der Waals surface area contributed by atoms with Gasteiger partial charge in [-0.3, -0.25) is 0 Å². The Morgan fingerprint density at radius 3 is 2.77 bits per heavy atom. The third-order valence-corrected chi connectivity index (χ3v) is 1.98.